The number of carboxylic acids is 1. The Morgan fingerprint density at radius 2 is 1.80 bits per heavy atom. The third kappa shape index (κ3) is 4.33. The van der Waals surface area contributed by atoms with Crippen molar-refractivity contribution in [3.8, 4) is 11.1 Å². The molecule has 1 aliphatic rings. The van der Waals surface area contributed by atoms with Crippen LogP contribution in [-0.4, -0.2) is 34.1 Å². The highest BCUT2D eigenvalue weighted by Crippen LogP contribution is 2.35. The summed E-state index contributed by atoms with van der Waals surface area (Å²) in [4.78, 5) is 31.2. The fraction of sp³-hybridized carbons (Fsp3) is 0.0455. The summed E-state index contributed by atoms with van der Waals surface area (Å²) in [5, 5.41) is 12.2. The molecule has 0 unspecified atom stereocenters. The molecule has 3 aromatic rings. The van der Waals surface area contributed by atoms with E-state index < -0.39 is 5.97 Å². The van der Waals surface area contributed by atoms with Crippen molar-refractivity contribution < 1.29 is 14.7 Å². The lowest BCUT2D eigenvalue weighted by atomic mass is 10.1. The van der Waals surface area contributed by atoms with Gasteiger partial charge in [-0.2, -0.15) is 0 Å². The number of thioether (sulfide) groups is 1. The Labute approximate surface area is 186 Å². The third-order valence-electron chi connectivity index (χ3n) is 4.41. The van der Waals surface area contributed by atoms with Gasteiger partial charge in [0.15, 0.2) is 5.17 Å². The Morgan fingerprint density at radius 1 is 1.10 bits per heavy atom. The first-order valence-corrected chi connectivity index (χ1v) is 10.9. The Hall–Kier alpha value is -2.87. The number of carbonyl (C=O) groups is 2. The molecule has 0 spiro atoms. The molecule has 2 heterocycles. The van der Waals surface area contributed by atoms with E-state index in [1.807, 2.05) is 17.5 Å². The van der Waals surface area contributed by atoms with Crippen molar-refractivity contribution in [3.63, 3.8) is 0 Å². The Kier molecular flexibility index (Phi) is 5.76. The van der Waals surface area contributed by atoms with E-state index in [4.69, 9.17) is 16.7 Å². The molecule has 1 amide bonds. The van der Waals surface area contributed by atoms with Gasteiger partial charge in [-0.3, -0.25) is 9.69 Å². The molecule has 0 radical (unpaired) electrons. The highest BCUT2D eigenvalue weighted by atomic mass is 35.5. The average molecular weight is 455 g/mol. The number of carbonyl (C=O) groups excluding carboxylic acids is 1. The molecular formula is C22H15ClN2O3S2. The smallest absolute Gasteiger partial charge is 0.335 e. The van der Waals surface area contributed by atoms with Crippen LogP contribution in [0.3, 0.4) is 0 Å². The van der Waals surface area contributed by atoms with Crippen molar-refractivity contribution >= 4 is 63.5 Å². The van der Waals surface area contributed by atoms with E-state index in [9.17, 15) is 9.59 Å². The summed E-state index contributed by atoms with van der Waals surface area (Å²) >= 11 is 8.76. The predicted molar refractivity (Wildman–Crippen MR) is 124 cm³/mol. The number of aromatic carboxylic acids is 1. The molecule has 1 saturated heterocycles. The zero-order valence-electron chi connectivity index (χ0n) is 15.7. The van der Waals surface area contributed by atoms with Crippen LogP contribution in [0.1, 0.15) is 15.2 Å². The van der Waals surface area contributed by atoms with Gasteiger partial charge in [0.1, 0.15) is 0 Å². The zero-order chi connectivity index (χ0) is 21.3. The van der Waals surface area contributed by atoms with Crippen molar-refractivity contribution in [2.45, 2.75) is 0 Å². The standard InChI is InChI=1S/C22H15ClN2O3S2/c1-25-20(26)19(30-22(25)24-17-8-6-16(23)7-9-17)11-18-10-15(12-29-18)13-2-4-14(5-3-13)21(27)28/h2-12H,1H3,(H,27,28)/b19-11-,24-22+. The summed E-state index contributed by atoms with van der Waals surface area (Å²) in [7, 11) is 1.70. The maximum Gasteiger partial charge on any atom is 0.335 e. The van der Waals surface area contributed by atoms with Gasteiger partial charge in [0.05, 0.1) is 16.2 Å². The molecule has 150 valence electrons. The van der Waals surface area contributed by atoms with Gasteiger partial charge in [-0.25, -0.2) is 9.79 Å². The second-order valence-electron chi connectivity index (χ2n) is 6.47. The van der Waals surface area contributed by atoms with Crippen LogP contribution < -0.4 is 0 Å². The molecule has 8 heteroatoms. The van der Waals surface area contributed by atoms with Crippen molar-refractivity contribution in [1.29, 1.82) is 0 Å². The maximum atomic E-state index is 12.6. The number of nitrogens with zero attached hydrogens (tertiary/aromatic N) is 2. The van der Waals surface area contributed by atoms with E-state index in [0.717, 1.165) is 21.7 Å². The SMILES string of the molecule is CN1C(=O)/C(=C/c2cc(-c3ccc(C(=O)O)cc3)cs2)S/C1=N/c1ccc(Cl)cc1. The molecule has 2 aromatic carbocycles. The van der Waals surface area contributed by atoms with E-state index in [1.54, 1.807) is 55.6 Å². The first kappa shape index (κ1) is 20.4. The lowest BCUT2D eigenvalue weighted by Gasteiger charge is -2.06. The van der Waals surface area contributed by atoms with Crippen LogP contribution in [-0.2, 0) is 4.79 Å². The summed E-state index contributed by atoms with van der Waals surface area (Å²) < 4.78 is 0. The highest BCUT2D eigenvalue weighted by molar-refractivity contribution is 8.18. The average Bonchev–Trinajstić information content (AvgIpc) is 3.31. The minimum Gasteiger partial charge on any atom is -0.478 e. The largest absolute Gasteiger partial charge is 0.478 e. The molecule has 0 atom stereocenters. The molecule has 1 fully saturated rings. The second kappa shape index (κ2) is 8.47. The monoisotopic (exact) mass is 454 g/mol. The number of rotatable bonds is 4. The summed E-state index contributed by atoms with van der Waals surface area (Å²) in [6, 6.07) is 15.8. The summed E-state index contributed by atoms with van der Waals surface area (Å²) in [6.45, 7) is 0. The lowest BCUT2D eigenvalue weighted by molar-refractivity contribution is -0.121. The molecule has 1 aliphatic heterocycles. The number of amidine groups is 1. The first-order chi connectivity index (χ1) is 14.4. The number of carboxylic acid groups (broad SMARTS) is 1. The predicted octanol–water partition coefficient (Wildman–Crippen LogP) is 6.00. The molecule has 0 aliphatic carbocycles. The molecule has 5 nitrogen and oxygen atoms in total. The van der Waals surface area contributed by atoms with Crippen LogP contribution in [0.5, 0.6) is 0 Å². The van der Waals surface area contributed by atoms with Gasteiger partial charge in [0.2, 0.25) is 0 Å². The van der Waals surface area contributed by atoms with Gasteiger partial charge < -0.3 is 5.11 Å². The quantitative estimate of drug-likeness (QED) is 0.491. The van der Waals surface area contributed by atoms with Crippen molar-refractivity contribution in [3.05, 3.63) is 80.3 Å². The van der Waals surface area contributed by atoms with Crippen molar-refractivity contribution in [2.75, 3.05) is 7.05 Å². The number of amides is 1. The van der Waals surface area contributed by atoms with Crippen LogP contribution >= 0.6 is 34.7 Å². The van der Waals surface area contributed by atoms with E-state index >= 15 is 0 Å². The van der Waals surface area contributed by atoms with Gasteiger partial charge in [0, 0.05) is 16.9 Å². The molecule has 0 bridgehead atoms. The van der Waals surface area contributed by atoms with Crippen LogP contribution in [0.2, 0.25) is 5.02 Å². The van der Waals surface area contributed by atoms with Gasteiger partial charge in [0.25, 0.3) is 5.91 Å². The van der Waals surface area contributed by atoms with Crippen LogP contribution in [0.25, 0.3) is 17.2 Å². The molecule has 0 saturated carbocycles. The number of hydrogen-bond acceptors (Lipinski definition) is 5. The molecular weight excluding hydrogens is 440 g/mol. The Balaban J connectivity index is 1.55. The minimum absolute atomic E-state index is 0.103. The first-order valence-electron chi connectivity index (χ1n) is 8.85. The molecule has 30 heavy (non-hydrogen) atoms. The van der Waals surface area contributed by atoms with Gasteiger partial charge in [-0.05, 0) is 76.8 Å². The number of hydrogen-bond donors (Lipinski definition) is 1. The van der Waals surface area contributed by atoms with Crippen LogP contribution in [0, 0.1) is 0 Å². The number of thiophene rings is 1. The number of likely N-dealkylation sites (N-methyl/N-ethyl adjacent to an activating group) is 1. The fourth-order valence-electron chi connectivity index (χ4n) is 2.79. The van der Waals surface area contributed by atoms with E-state index in [0.29, 0.717) is 15.1 Å². The Bertz CT molecular complexity index is 1180. The van der Waals surface area contributed by atoms with Gasteiger partial charge in [-0.15, -0.1) is 11.3 Å². The maximum absolute atomic E-state index is 12.6. The minimum atomic E-state index is -0.950. The summed E-state index contributed by atoms with van der Waals surface area (Å²) in [5.41, 5.74) is 2.88. The summed E-state index contributed by atoms with van der Waals surface area (Å²) in [5.74, 6) is -1.05. The van der Waals surface area contributed by atoms with Crippen molar-refractivity contribution in [2.24, 2.45) is 4.99 Å². The van der Waals surface area contributed by atoms with Crippen LogP contribution in [0.15, 0.2) is 69.9 Å². The van der Waals surface area contributed by atoms with Crippen molar-refractivity contribution in [1.82, 2.24) is 4.90 Å². The normalized spacial score (nSPS) is 16.6. The highest BCUT2D eigenvalue weighted by Gasteiger charge is 2.30. The second-order valence-corrected chi connectivity index (χ2v) is 8.85. The van der Waals surface area contributed by atoms with Crippen LogP contribution in [0.4, 0.5) is 5.69 Å². The lowest BCUT2D eigenvalue weighted by Crippen LogP contribution is -2.23. The van der Waals surface area contributed by atoms with Gasteiger partial charge in [-0.1, -0.05) is 23.7 Å². The topological polar surface area (TPSA) is 70.0 Å². The summed E-state index contributed by atoms with van der Waals surface area (Å²) in [6.07, 6.45) is 1.85. The third-order valence-corrected chi connectivity index (χ3v) is 6.60. The van der Waals surface area contributed by atoms with E-state index in [1.165, 1.54) is 28.0 Å². The molecule has 1 aromatic heterocycles. The molecule has 1 N–H and O–H groups in total. The molecule has 4 rings (SSSR count). The van der Waals surface area contributed by atoms with Gasteiger partial charge >= 0.3 is 5.97 Å². The van der Waals surface area contributed by atoms with E-state index in [2.05, 4.69) is 4.99 Å². The number of benzene rings is 2. The Morgan fingerprint density at radius 3 is 2.47 bits per heavy atom. The number of halogens is 1. The fourth-order valence-corrected chi connectivity index (χ4v) is 4.82. The number of aliphatic imine (C=N–C) groups is 1. The zero-order valence-corrected chi connectivity index (χ0v) is 18.1. The van der Waals surface area contributed by atoms with E-state index in [-0.39, 0.29) is 11.5 Å².